The highest BCUT2D eigenvalue weighted by atomic mass is 79.9. The summed E-state index contributed by atoms with van der Waals surface area (Å²) in [5, 5.41) is 7.64. The van der Waals surface area contributed by atoms with Crippen LogP contribution in [0.4, 0.5) is 5.69 Å². The lowest BCUT2D eigenvalue weighted by atomic mass is 10.1. The predicted octanol–water partition coefficient (Wildman–Crippen LogP) is 1.77. The standard InChI is InChI=1S/C14H21BrN4O/c1-3-8-19-14(20)13(15)12(10-17-19)18(4-2)11-6-5-7-16-9-11/h3,10-11,16H,1,4-9H2,2H3. The van der Waals surface area contributed by atoms with Crippen molar-refractivity contribution in [2.45, 2.75) is 32.4 Å². The van der Waals surface area contributed by atoms with Crippen LogP contribution in [-0.2, 0) is 6.54 Å². The first-order valence-electron chi connectivity index (χ1n) is 7.03. The van der Waals surface area contributed by atoms with Gasteiger partial charge >= 0.3 is 0 Å². The Morgan fingerprint density at radius 1 is 1.70 bits per heavy atom. The van der Waals surface area contributed by atoms with E-state index in [0.717, 1.165) is 31.7 Å². The lowest BCUT2D eigenvalue weighted by Crippen LogP contribution is -2.46. The van der Waals surface area contributed by atoms with Crippen LogP contribution in [0.2, 0.25) is 0 Å². The zero-order chi connectivity index (χ0) is 14.5. The van der Waals surface area contributed by atoms with Crippen molar-refractivity contribution < 1.29 is 0 Å². The van der Waals surface area contributed by atoms with Crippen molar-refractivity contribution in [3.05, 3.63) is 33.7 Å². The second-order valence-corrected chi connectivity index (χ2v) is 5.70. The third kappa shape index (κ3) is 3.12. The molecule has 1 atom stereocenters. The summed E-state index contributed by atoms with van der Waals surface area (Å²) in [6.07, 6.45) is 5.75. The molecule has 110 valence electrons. The largest absolute Gasteiger partial charge is 0.365 e. The van der Waals surface area contributed by atoms with Crippen molar-refractivity contribution in [3.8, 4) is 0 Å². The molecule has 0 aromatic carbocycles. The number of nitrogens with zero attached hydrogens (tertiary/aromatic N) is 3. The van der Waals surface area contributed by atoms with E-state index in [4.69, 9.17) is 0 Å². The van der Waals surface area contributed by atoms with Crippen LogP contribution in [-0.4, -0.2) is 35.5 Å². The molecule has 1 aromatic rings. The number of rotatable bonds is 5. The minimum absolute atomic E-state index is 0.107. The highest BCUT2D eigenvalue weighted by Crippen LogP contribution is 2.25. The van der Waals surface area contributed by atoms with E-state index in [0.29, 0.717) is 17.1 Å². The average Bonchev–Trinajstić information content (AvgIpc) is 2.48. The molecule has 20 heavy (non-hydrogen) atoms. The van der Waals surface area contributed by atoms with Crippen LogP contribution in [0.15, 0.2) is 28.1 Å². The fourth-order valence-corrected chi connectivity index (χ4v) is 3.17. The van der Waals surface area contributed by atoms with Gasteiger partial charge in [-0.15, -0.1) is 6.58 Å². The number of allylic oxidation sites excluding steroid dienone is 1. The van der Waals surface area contributed by atoms with E-state index in [9.17, 15) is 4.79 Å². The van der Waals surface area contributed by atoms with Gasteiger partial charge in [0, 0.05) is 19.1 Å². The molecule has 5 nitrogen and oxygen atoms in total. The highest BCUT2D eigenvalue weighted by Gasteiger charge is 2.23. The number of hydrogen-bond donors (Lipinski definition) is 1. The van der Waals surface area contributed by atoms with E-state index in [-0.39, 0.29) is 5.56 Å². The van der Waals surface area contributed by atoms with Gasteiger partial charge in [-0.2, -0.15) is 5.10 Å². The molecule has 1 fully saturated rings. The lowest BCUT2D eigenvalue weighted by molar-refractivity contribution is 0.434. The number of piperidine rings is 1. The summed E-state index contributed by atoms with van der Waals surface area (Å²) in [4.78, 5) is 14.5. The van der Waals surface area contributed by atoms with E-state index in [1.165, 1.54) is 11.1 Å². The third-order valence-corrected chi connectivity index (χ3v) is 4.38. The molecule has 1 unspecified atom stereocenters. The number of nitrogens with one attached hydrogen (secondary N) is 1. The Kier molecular flexibility index (Phi) is 5.37. The molecular weight excluding hydrogens is 320 g/mol. The van der Waals surface area contributed by atoms with E-state index in [2.05, 4.69) is 44.7 Å². The van der Waals surface area contributed by atoms with Gasteiger partial charge < -0.3 is 10.2 Å². The van der Waals surface area contributed by atoms with Crippen molar-refractivity contribution in [1.82, 2.24) is 15.1 Å². The minimum Gasteiger partial charge on any atom is -0.365 e. The second kappa shape index (κ2) is 7.04. The summed E-state index contributed by atoms with van der Waals surface area (Å²) in [6, 6.07) is 0.418. The first-order valence-corrected chi connectivity index (χ1v) is 7.82. The number of anilines is 1. The summed E-state index contributed by atoms with van der Waals surface area (Å²) in [5.41, 5.74) is 0.774. The summed E-state index contributed by atoms with van der Waals surface area (Å²) in [6.45, 7) is 9.06. The molecule has 6 heteroatoms. The molecule has 0 bridgehead atoms. The second-order valence-electron chi connectivity index (χ2n) is 4.91. The van der Waals surface area contributed by atoms with Gasteiger partial charge in [-0.1, -0.05) is 6.08 Å². The van der Waals surface area contributed by atoms with Gasteiger partial charge in [0.15, 0.2) is 0 Å². The zero-order valence-corrected chi connectivity index (χ0v) is 13.4. The molecule has 0 amide bonds. The van der Waals surface area contributed by atoms with Crippen molar-refractivity contribution in [2.24, 2.45) is 0 Å². The van der Waals surface area contributed by atoms with E-state index in [1.807, 2.05) is 0 Å². The first kappa shape index (κ1) is 15.3. The summed E-state index contributed by atoms with van der Waals surface area (Å²) >= 11 is 3.44. The Bertz CT molecular complexity index is 522. The number of halogens is 1. The van der Waals surface area contributed by atoms with Crippen LogP contribution >= 0.6 is 15.9 Å². The van der Waals surface area contributed by atoms with Crippen molar-refractivity contribution in [1.29, 1.82) is 0 Å². The maximum atomic E-state index is 12.2. The number of likely N-dealkylation sites (N-methyl/N-ethyl adjacent to an activating group) is 1. The smallest absolute Gasteiger partial charge is 0.283 e. The molecule has 1 aromatic heterocycles. The Balaban J connectivity index is 2.32. The molecule has 1 saturated heterocycles. The van der Waals surface area contributed by atoms with Crippen LogP contribution in [0.1, 0.15) is 19.8 Å². The third-order valence-electron chi connectivity index (χ3n) is 3.63. The van der Waals surface area contributed by atoms with Gasteiger partial charge in [-0.05, 0) is 42.2 Å². The van der Waals surface area contributed by atoms with Crippen LogP contribution in [0.25, 0.3) is 0 Å². The maximum absolute atomic E-state index is 12.2. The van der Waals surface area contributed by atoms with Gasteiger partial charge in [0.05, 0.1) is 18.4 Å². The Hall–Kier alpha value is -1.14. The van der Waals surface area contributed by atoms with Gasteiger partial charge in [0.2, 0.25) is 0 Å². The fourth-order valence-electron chi connectivity index (χ4n) is 2.63. The highest BCUT2D eigenvalue weighted by molar-refractivity contribution is 9.10. The molecule has 1 aliphatic rings. The molecule has 1 aliphatic heterocycles. The van der Waals surface area contributed by atoms with Crippen LogP contribution in [0.5, 0.6) is 0 Å². The molecule has 2 rings (SSSR count). The normalized spacial score (nSPS) is 18.8. The molecule has 0 spiro atoms. The Morgan fingerprint density at radius 2 is 2.50 bits per heavy atom. The summed E-state index contributed by atoms with van der Waals surface area (Å²) in [7, 11) is 0. The van der Waals surface area contributed by atoms with Crippen molar-refractivity contribution in [2.75, 3.05) is 24.5 Å². The monoisotopic (exact) mass is 340 g/mol. The van der Waals surface area contributed by atoms with E-state index >= 15 is 0 Å². The summed E-state index contributed by atoms with van der Waals surface area (Å²) < 4.78 is 2.00. The topological polar surface area (TPSA) is 50.2 Å². The predicted molar refractivity (Wildman–Crippen MR) is 85.3 cm³/mol. The number of hydrogen-bond acceptors (Lipinski definition) is 4. The van der Waals surface area contributed by atoms with Gasteiger partial charge in [0.1, 0.15) is 4.47 Å². The van der Waals surface area contributed by atoms with Gasteiger partial charge in [-0.3, -0.25) is 4.79 Å². The quantitative estimate of drug-likeness (QED) is 0.830. The first-order chi connectivity index (χ1) is 9.69. The number of aromatic nitrogens is 2. The maximum Gasteiger partial charge on any atom is 0.283 e. The van der Waals surface area contributed by atoms with E-state index in [1.54, 1.807) is 12.3 Å². The SMILES string of the molecule is C=CCn1ncc(N(CC)C2CCCNC2)c(Br)c1=O. The van der Waals surface area contributed by atoms with Gasteiger partial charge in [0.25, 0.3) is 5.56 Å². The van der Waals surface area contributed by atoms with Crippen LogP contribution in [0.3, 0.4) is 0 Å². The van der Waals surface area contributed by atoms with Crippen LogP contribution < -0.4 is 15.8 Å². The van der Waals surface area contributed by atoms with Crippen molar-refractivity contribution in [3.63, 3.8) is 0 Å². The fraction of sp³-hybridized carbons (Fsp3) is 0.571. The van der Waals surface area contributed by atoms with E-state index < -0.39 is 0 Å². The zero-order valence-electron chi connectivity index (χ0n) is 11.8. The average molecular weight is 341 g/mol. The van der Waals surface area contributed by atoms with Gasteiger partial charge in [-0.25, -0.2) is 4.68 Å². The summed E-state index contributed by atoms with van der Waals surface area (Å²) in [5.74, 6) is 0. The molecular formula is C14H21BrN4O. The molecule has 2 heterocycles. The Labute approximate surface area is 127 Å². The minimum atomic E-state index is -0.107. The Morgan fingerprint density at radius 3 is 3.10 bits per heavy atom. The van der Waals surface area contributed by atoms with Crippen LogP contribution in [0, 0.1) is 0 Å². The van der Waals surface area contributed by atoms with Crippen molar-refractivity contribution >= 4 is 21.6 Å². The molecule has 0 radical (unpaired) electrons. The molecule has 0 saturated carbocycles. The molecule has 0 aliphatic carbocycles. The lowest BCUT2D eigenvalue weighted by Gasteiger charge is -2.35. The molecule has 1 N–H and O–H groups in total.